The molecule has 0 saturated carbocycles. The minimum absolute atomic E-state index is 0.134. The van der Waals surface area contributed by atoms with Gasteiger partial charge in [0.2, 0.25) is 0 Å². The summed E-state index contributed by atoms with van der Waals surface area (Å²) in [5.41, 5.74) is 0.560. The van der Waals surface area contributed by atoms with Crippen LogP contribution in [0.1, 0.15) is 5.56 Å². The third-order valence-electron chi connectivity index (χ3n) is 1.57. The quantitative estimate of drug-likeness (QED) is 0.753. The molecule has 0 radical (unpaired) electrons. The van der Waals surface area contributed by atoms with Crippen molar-refractivity contribution in [3.05, 3.63) is 34.3 Å². The highest BCUT2D eigenvalue weighted by Crippen LogP contribution is 2.25. The molecule has 15 heavy (non-hydrogen) atoms. The molecule has 0 fully saturated rings. The summed E-state index contributed by atoms with van der Waals surface area (Å²) in [5, 5.41) is 0. The summed E-state index contributed by atoms with van der Waals surface area (Å²) in [5.74, 6) is 0.454. The summed E-state index contributed by atoms with van der Waals surface area (Å²) in [7, 11) is 0. The van der Waals surface area contributed by atoms with Gasteiger partial charge in [0.1, 0.15) is 5.75 Å². The minimum Gasteiger partial charge on any atom is -0.434 e. The number of hydrogen-bond donors (Lipinski definition) is 0. The van der Waals surface area contributed by atoms with E-state index < -0.39 is 6.61 Å². The van der Waals surface area contributed by atoms with Crippen LogP contribution in [0.3, 0.4) is 0 Å². The molecule has 1 aromatic carbocycles. The fraction of sp³-hybridized carbons (Fsp3) is 0.200. The summed E-state index contributed by atoms with van der Waals surface area (Å²) in [4.78, 5) is 0. The minimum atomic E-state index is -2.82. The molecular formula is C10H8BrClF2O. The molecule has 0 aliphatic rings. The van der Waals surface area contributed by atoms with Crippen molar-refractivity contribution in [2.24, 2.45) is 0 Å². The third kappa shape index (κ3) is 4.18. The molecule has 0 atom stereocenters. The largest absolute Gasteiger partial charge is 0.434 e. The van der Waals surface area contributed by atoms with E-state index in [-0.39, 0.29) is 5.75 Å². The second kappa shape index (κ2) is 6.08. The van der Waals surface area contributed by atoms with Crippen molar-refractivity contribution < 1.29 is 13.5 Å². The lowest BCUT2D eigenvalue weighted by Gasteiger charge is -2.08. The molecule has 0 bridgehead atoms. The molecule has 1 nitrogen and oxygen atoms in total. The van der Waals surface area contributed by atoms with Crippen molar-refractivity contribution in [3.8, 4) is 5.75 Å². The van der Waals surface area contributed by atoms with Crippen molar-refractivity contribution in [1.82, 2.24) is 0 Å². The van der Waals surface area contributed by atoms with Crippen LogP contribution < -0.4 is 4.74 Å². The molecule has 0 amide bonds. The van der Waals surface area contributed by atoms with Crippen LogP contribution in [-0.2, 0) is 0 Å². The van der Waals surface area contributed by atoms with Gasteiger partial charge >= 0.3 is 6.61 Å². The van der Waals surface area contributed by atoms with Crippen molar-refractivity contribution in [3.63, 3.8) is 0 Å². The Kier molecular flexibility index (Phi) is 5.05. The van der Waals surface area contributed by atoms with Gasteiger partial charge in [0.05, 0.1) is 0 Å². The molecule has 0 unspecified atom stereocenters. The molecule has 1 rings (SSSR count). The second-order valence-corrected chi connectivity index (χ2v) is 3.84. The predicted octanol–water partition coefficient (Wildman–Crippen LogP) is 4.30. The summed E-state index contributed by atoms with van der Waals surface area (Å²) >= 11 is 8.71. The van der Waals surface area contributed by atoms with E-state index in [1.165, 1.54) is 6.07 Å². The number of benzene rings is 1. The first-order chi connectivity index (χ1) is 7.13. The van der Waals surface area contributed by atoms with Crippen molar-refractivity contribution >= 4 is 33.6 Å². The number of allylic oxidation sites excluding steroid dienone is 1. The van der Waals surface area contributed by atoms with E-state index in [2.05, 4.69) is 20.7 Å². The van der Waals surface area contributed by atoms with E-state index in [0.29, 0.717) is 11.4 Å². The maximum Gasteiger partial charge on any atom is 0.387 e. The van der Waals surface area contributed by atoms with Crippen molar-refractivity contribution in [2.75, 3.05) is 5.88 Å². The molecule has 5 heteroatoms. The molecule has 1 aromatic rings. The topological polar surface area (TPSA) is 9.23 Å². The molecule has 0 spiro atoms. The lowest BCUT2D eigenvalue weighted by atomic mass is 10.2. The Balaban J connectivity index is 2.97. The predicted molar refractivity (Wildman–Crippen MR) is 60.5 cm³/mol. The number of halogens is 4. The van der Waals surface area contributed by atoms with E-state index in [1.807, 2.05) is 0 Å². The second-order valence-electron chi connectivity index (χ2n) is 2.62. The van der Waals surface area contributed by atoms with Crippen LogP contribution in [0.15, 0.2) is 28.7 Å². The molecule has 0 saturated heterocycles. The first-order valence-electron chi connectivity index (χ1n) is 4.10. The smallest absolute Gasteiger partial charge is 0.387 e. The summed E-state index contributed by atoms with van der Waals surface area (Å²) < 4.78 is 29.2. The first-order valence-corrected chi connectivity index (χ1v) is 5.43. The van der Waals surface area contributed by atoms with E-state index >= 15 is 0 Å². The molecule has 0 aliphatic heterocycles. The Bertz CT molecular complexity index is 355. The van der Waals surface area contributed by atoms with Gasteiger partial charge in [-0.3, -0.25) is 0 Å². The van der Waals surface area contributed by atoms with Crippen LogP contribution in [0.4, 0.5) is 8.78 Å². The van der Waals surface area contributed by atoms with Gasteiger partial charge in [-0.1, -0.05) is 28.1 Å². The van der Waals surface area contributed by atoms with E-state index in [4.69, 9.17) is 11.6 Å². The highest BCUT2D eigenvalue weighted by molar-refractivity contribution is 9.10. The van der Waals surface area contributed by atoms with Crippen LogP contribution in [0.25, 0.3) is 6.08 Å². The zero-order chi connectivity index (χ0) is 11.3. The van der Waals surface area contributed by atoms with E-state index in [9.17, 15) is 8.78 Å². The maximum atomic E-state index is 12.0. The van der Waals surface area contributed by atoms with Gasteiger partial charge < -0.3 is 4.74 Å². The standard InChI is InChI=1S/C10H8BrClF2O/c11-8-3-4-9(15-10(13)14)7(6-8)2-1-5-12/h1-4,6,10H,5H2. The molecular weight excluding hydrogens is 289 g/mol. The van der Waals surface area contributed by atoms with Crippen LogP contribution in [0.5, 0.6) is 5.75 Å². The highest BCUT2D eigenvalue weighted by atomic mass is 79.9. The SMILES string of the molecule is FC(F)Oc1ccc(Br)cc1C=CCCl. The molecule has 0 aromatic heterocycles. The maximum absolute atomic E-state index is 12.0. The Morgan fingerprint density at radius 2 is 2.20 bits per heavy atom. The van der Waals surface area contributed by atoms with Crippen LogP contribution in [-0.4, -0.2) is 12.5 Å². The van der Waals surface area contributed by atoms with Crippen molar-refractivity contribution in [2.45, 2.75) is 6.61 Å². The van der Waals surface area contributed by atoms with E-state index in [0.717, 1.165) is 4.47 Å². The monoisotopic (exact) mass is 296 g/mol. The van der Waals surface area contributed by atoms with Crippen LogP contribution in [0.2, 0.25) is 0 Å². The fourth-order valence-corrected chi connectivity index (χ4v) is 1.49. The fourth-order valence-electron chi connectivity index (χ4n) is 1.02. The lowest BCUT2D eigenvalue weighted by molar-refractivity contribution is -0.0499. The number of hydrogen-bond acceptors (Lipinski definition) is 1. The average Bonchev–Trinajstić information content (AvgIpc) is 2.18. The molecule has 0 N–H and O–H groups in total. The zero-order valence-corrected chi connectivity index (χ0v) is 9.93. The Morgan fingerprint density at radius 1 is 1.47 bits per heavy atom. The third-order valence-corrected chi connectivity index (χ3v) is 2.25. The number of ether oxygens (including phenoxy) is 1. The zero-order valence-electron chi connectivity index (χ0n) is 7.59. The Labute approximate surface area is 99.8 Å². The van der Waals surface area contributed by atoms with Gasteiger partial charge in [-0.05, 0) is 18.2 Å². The molecule has 82 valence electrons. The molecule has 0 aliphatic carbocycles. The molecule has 0 heterocycles. The van der Waals surface area contributed by atoms with Gasteiger partial charge in [0.15, 0.2) is 0 Å². The highest BCUT2D eigenvalue weighted by Gasteiger charge is 2.07. The van der Waals surface area contributed by atoms with Crippen LogP contribution in [0, 0.1) is 0 Å². The summed E-state index contributed by atoms with van der Waals surface area (Å²) in [6.07, 6.45) is 3.29. The van der Waals surface area contributed by atoms with Gasteiger partial charge in [-0.2, -0.15) is 8.78 Å². The van der Waals surface area contributed by atoms with Gasteiger partial charge in [-0.15, -0.1) is 11.6 Å². The van der Waals surface area contributed by atoms with E-state index in [1.54, 1.807) is 24.3 Å². The Morgan fingerprint density at radius 3 is 2.80 bits per heavy atom. The number of rotatable bonds is 4. The lowest BCUT2D eigenvalue weighted by Crippen LogP contribution is -2.03. The summed E-state index contributed by atoms with van der Waals surface area (Å²) in [6, 6.07) is 4.79. The van der Waals surface area contributed by atoms with Gasteiger partial charge in [-0.25, -0.2) is 0 Å². The summed E-state index contributed by atoms with van der Waals surface area (Å²) in [6.45, 7) is -2.82. The normalized spacial score (nSPS) is 11.3. The van der Waals surface area contributed by atoms with Crippen molar-refractivity contribution in [1.29, 1.82) is 0 Å². The first kappa shape index (κ1) is 12.5. The average molecular weight is 298 g/mol. The Hall–Kier alpha value is -0.610. The van der Waals surface area contributed by atoms with Crippen LogP contribution >= 0.6 is 27.5 Å². The van der Waals surface area contributed by atoms with Gasteiger partial charge in [0, 0.05) is 15.9 Å². The van der Waals surface area contributed by atoms with Gasteiger partial charge in [0.25, 0.3) is 0 Å². The number of alkyl halides is 3.